The van der Waals surface area contributed by atoms with Crippen LogP contribution in [-0.2, 0) is 28.4 Å². The molecule has 0 amide bonds. The number of aryl methyl sites for hydroxylation is 1. The molecule has 0 aliphatic carbocycles. The van der Waals surface area contributed by atoms with Crippen molar-refractivity contribution in [2.75, 3.05) is 71.8 Å². The molecule has 0 saturated carbocycles. The lowest BCUT2D eigenvalue weighted by Crippen LogP contribution is -2.61. The van der Waals surface area contributed by atoms with Gasteiger partial charge in [-0.2, -0.15) is 79.0 Å². The van der Waals surface area contributed by atoms with Crippen molar-refractivity contribution in [1.29, 1.82) is 0 Å². The molecule has 69 heavy (non-hydrogen) atoms. The Balaban J connectivity index is 2.18. The van der Waals surface area contributed by atoms with Gasteiger partial charge in [0.1, 0.15) is 13.2 Å². The van der Waals surface area contributed by atoms with Crippen molar-refractivity contribution >= 4 is 17.6 Å². The molecule has 9 nitrogen and oxygen atoms in total. The Morgan fingerprint density at radius 2 is 0.739 bits per heavy atom. The first-order valence-electron chi connectivity index (χ1n) is 20.1. The Morgan fingerprint density at radius 3 is 1.06 bits per heavy atom. The Kier molecular flexibility index (Phi) is 19.8. The fourth-order valence-electron chi connectivity index (χ4n) is 5.56. The fraction of sp³-hybridized carbons (Fsp3) is 0.667. The van der Waals surface area contributed by atoms with Gasteiger partial charge in [0, 0.05) is 34.8 Å². The van der Waals surface area contributed by atoms with Crippen molar-refractivity contribution in [2.24, 2.45) is 16.2 Å². The molecule has 2 N–H and O–H groups in total. The minimum absolute atomic E-state index is 0.0356. The molecule has 2 rings (SSSR count). The van der Waals surface area contributed by atoms with Crippen LogP contribution in [0, 0.1) is 23.2 Å². The highest BCUT2D eigenvalue weighted by molar-refractivity contribution is 5.90. The highest BCUT2D eigenvalue weighted by Crippen LogP contribution is 2.55. The highest BCUT2D eigenvalue weighted by atomic mass is 19.4. The van der Waals surface area contributed by atoms with Crippen molar-refractivity contribution < 1.29 is 117 Å². The van der Waals surface area contributed by atoms with Crippen LogP contribution in [0.2, 0.25) is 0 Å². The Morgan fingerprint density at radius 1 is 0.435 bits per heavy atom. The summed E-state index contributed by atoms with van der Waals surface area (Å²) in [5.74, 6) is -41.8. The van der Waals surface area contributed by atoms with E-state index in [1.165, 1.54) is 64.1 Å². The first-order chi connectivity index (χ1) is 31.1. The lowest BCUT2D eigenvalue weighted by molar-refractivity contribution is -0.397. The molecule has 0 bridgehead atoms. The van der Waals surface area contributed by atoms with Gasteiger partial charge in [-0.1, -0.05) is 45.4 Å². The van der Waals surface area contributed by atoms with Gasteiger partial charge in [0.05, 0.1) is 64.0 Å². The quantitative estimate of drug-likeness (QED) is 0.0385. The zero-order valence-corrected chi connectivity index (χ0v) is 37.3. The third-order valence-electron chi connectivity index (χ3n) is 9.87. The average molecular weight is 1040 g/mol. The summed E-state index contributed by atoms with van der Waals surface area (Å²) in [5.41, 5.74) is 2.38. The van der Waals surface area contributed by atoms with Crippen molar-refractivity contribution in [1.82, 2.24) is 0 Å². The number of anilines is 1. The predicted molar refractivity (Wildman–Crippen MR) is 207 cm³/mol. The summed E-state index contributed by atoms with van der Waals surface area (Å²) < 4.78 is 273. The molecule has 0 aliphatic rings. The first kappa shape index (κ1) is 60.9. The SMILES string of the molecule is Cc1ccc(C(=O)OCC(C)(COCCC(F)(F)C(F)(F)C(F)(F)C(F)(F)F)COCC(C)(C)COCC(C)(COCCC(F)(F)C(F)(F)C(F)(F)C(F)(F)F)COC(=O)c2ccc(N)cc2)cc1. The van der Waals surface area contributed by atoms with E-state index in [9.17, 15) is 88.6 Å². The number of halogens is 18. The van der Waals surface area contributed by atoms with E-state index in [0.29, 0.717) is 0 Å². The molecule has 2 unspecified atom stereocenters. The van der Waals surface area contributed by atoms with Gasteiger partial charge in [-0.25, -0.2) is 9.59 Å². The zero-order valence-electron chi connectivity index (χ0n) is 37.3. The number of esters is 2. The van der Waals surface area contributed by atoms with E-state index in [-0.39, 0.29) is 30.0 Å². The van der Waals surface area contributed by atoms with Crippen LogP contribution in [0.25, 0.3) is 0 Å². The molecule has 0 fully saturated rings. The summed E-state index contributed by atoms with van der Waals surface area (Å²) in [7, 11) is 0. The van der Waals surface area contributed by atoms with E-state index < -0.39 is 142 Å². The highest BCUT2D eigenvalue weighted by Gasteiger charge is 2.82. The molecule has 0 aromatic heterocycles. The van der Waals surface area contributed by atoms with Crippen LogP contribution >= 0.6 is 0 Å². The third kappa shape index (κ3) is 15.9. The number of ether oxygens (including phenoxy) is 6. The van der Waals surface area contributed by atoms with Gasteiger partial charge in [-0.05, 0) is 43.3 Å². The van der Waals surface area contributed by atoms with E-state index in [1.807, 2.05) is 0 Å². The normalized spacial score (nSPS) is 15.6. The van der Waals surface area contributed by atoms with Gasteiger partial charge in [0.25, 0.3) is 0 Å². The minimum atomic E-state index is -7.13. The second-order valence-corrected chi connectivity index (χ2v) is 17.7. The summed E-state index contributed by atoms with van der Waals surface area (Å²) in [6.45, 7) is -0.311. The lowest BCUT2D eigenvalue weighted by atomic mass is 9.92. The van der Waals surface area contributed by atoms with Gasteiger partial charge >= 0.3 is 59.8 Å². The number of alkyl halides is 18. The van der Waals surface area contributed by atoms with E-state index in [0.717, 1.165) is 5.56 Å². The summed E-state index contributed by atoms with van der Waals surface area (Å²) in [4.78, 5) is 25.5. The van der Waals surface area contributed by atoms with Crippen molar-refractivity contribution in [3.63, 3.8) is 0 Å². The summed E-state index contributed by atoms with van der Waals surface area (Å²) in [6.07, 6.45) is -18.7. The molecular formula is C42H49F18NO8. The van der Waals surface area contributed by atoms with Crippen LogP contribution in [0.3, 0.4) is 0 Å². The van der Waals surface area contributed by atoms with Crippen molar-refractivity contribution in [2.45, 2.75) is 95.3 Å². The molecule has 0 aliphatic heterocycles. The molecule has 2 atom stereocenters. The van der Waals surface area contributed by atoms with Crippen LogP contribution in [-0.4, -0.2) is 126 Å². The Bertz CT molecular complexity index is 1820. The van der Waals surface area contributed by atoms with Gasteiger partial charge in [0.15, 0.2) is 0 Å². The summed E-state index contributed by atoms with van der Waals surface area (Å²) in [5, 5.41) is 0. The fourth-order valence-corrected chi connectivity index (χ4v) is 5.56. The Labute approximate surface area is 383 Å². The van der Waals surface area contributed by atoms with Crippen molar-refractivity contribution in [3.05, 3.63) is 65.2 Å². The van der Waals surface area contributed by atoms with Crippen LogP contribution in [0.4, 0.5) is 84.7 Å². The number of hydrogen-bond acceptors (Lipinski definition) is 9. The van der Waals surface area contributed by atoms with Crippen molar-refractivity contribution in [3.8, 4) is 0 Å². The molecule has 0 radical (unpaired) electrons. The van der Waals surface area contributed by atoms with Gasteiger partial charge in [-0.3, -0.25) is 0 Å². The molecule has 0 heterocycles. The topological polar surface area (TPSA) is 116 Å². The maximum absolute atomic E-state index is 14.2. The van der Waals surface area contributed by atoms with E-state index >= 15 is 0 Å². The number of benzene rings is 2. The van der Waals surface area contributed by atoms with Crippen LogP contribution < -0.4 is 5.73 Å². The van der Waals surface area contributed by atoms with Crippen LogP contribution in [0.15, 0.2) is 48.5 Å². The number of carbonyl (C=O) groups excluding carboxylic acids is 2. The number of rotatable bonds is 28. The monoisotopic (exact) mass is 1040 g/mol. The number of nitrogen functional groups attached to an aromatic ring is 1. The minimum Gasteiger partial charge on any atom is -0.461 e. The number of nitrogens with two attached hydrogens (primary N) is 1. The number of hydrogen-bond donors (Lipinski definition) is 1. The van der Waals surface area contributed by atoms with E-state index in [1.54, 1.807) is 19.1 Å². The van der Waals surface area contributed by atoms with Crippen LogP contribution in [0.5, 0.6) is 0 Å². The second kappa shape index (κ2) is 22.5. The third-order valence-corrected chi connectivity index (χ3v) is 9.87. The molecule has 2 aromatic carbocycles. The zero-order chi connectivity index (χ0) is 53.3. The maximum Gasteiger partial charge on any atom is 0.460 e. The predicted octanol–water partition coefficient (Wildman–Crippen LogP) is 11.4. The van der Waals surface area contributed by atoms with Gasteiger partial charge < -0.3 is 34.2 Å². The summed E-state index contributed by atoms with van der Waals surface area (Å²) >= 11 is 0. The van der Waals surface area contributed by atoms with E-state index in [4.69, 9.17) is 34.2 Å². The second-order valence-electron chi connectivity index (χ2n) is 17.7. The van der Waals surface area contributed by atoms with Gasteiger partial charge in [-0.15, -0.1) is 0 Å². The first-order valence-corrected chi connectivity index (χ1v) is 20.1. The molecule has 0 spiro atoms. The standard InChI is InChI=1S/C42H49F18NO8/c1-26-6-8-27(9-7-26)30(62)68-24-33(4,20-64-16-14-35(43,44)37(47,48)39(51,52)41(55,56)57)22-66-18-32(2,3)19-67-23-34(5,25-69-31(63)28-10-12-29(61)13-11-28)21-65-17-15-36(45,46)38(49,50)40(53,54)42(58,59)60/h6-13H,14-25,61H2,1-5H3. The lowest BCUT2D eigenvalue weighted by Gasteiger charge is -2.34. The Hall–Kier alpha value is -4.24. The molecule has 0 saturated heterocycles. The molecular weight excluding hydrogens is 988 g/mol. The maximum atomic E-state index is 14.2. The largest absolute Gasteiger partial charge is 0.461 e. The summed E-state index contributed by atoms with van der Waals surface area (Å²) in [6, 6.07) is 11.1. The smallest absolute Gasteiger partial charge is 0.460 e. The number of carbonyl (C=O) groups is 2. The van der Waals surface area contributed by atoms with Gasteiger partial charge in [0.2, 0.25) is 0 Å². The molecule has 27 heteroatoms. The molecule has 396 valence electrons. The molecule has 2 aromatic rings. The average Bonchev–Trinajstić information content (AvgIpc) is 3.21. The van der Waals surface area contributed by atoms with E-state index in [2.05, 4.69) is 0 Å². The van der Waals surface area contributed by atoms with Crippen LogP contribution in [0.1, 0.15) is 66.8 Å².